The van der Waals surface area contributed by atoms with Crippen molar-refractivity contribution in [1.29, 1.82) is 0 Å². The molecule has 5 rings (SSSR count). The molecule has 0 bridgehead atoms. The van der Waals surface area contributed by atoms with E-state index in [0.717, 1.165) is 22.0 Å². The van der Waals surface area contributed by atoms with Crippen LogP contribution in [0, 0.1) is 0 Å². The fourth-order valence-electron chi connectivity index (χ4n) is 4.79. The lowest BCUT2D eigenvalue weighted by Gasteiger charge is -2.31. The number of carbonyl (C=O) groups is 1. The van der Waals surface area contributed by atoms with Crippen molar-refractivity contribution in [1.82, 2.24) is 9.55 Å². The quantitative estimate of drug-likeness (QED) is 0.512. The molecule has 4 heterocycles. The van der Waals surface area contributed by atoms with E-state index < -0.39 is 11.6 Å². The van der Waals surface area contributed by atoms with Gasteiger partial charge in [0.25, 0.3) is 5.56 Å². The van der Waals surface area contributed by atoms with Gasteiger partial charge in [0.1, 0.15) is 12.4 Å². The maximum absolute atomic E-state index is 13.3. The Morgan fingerprint density at radius 2 is 2.06 bits per heavy atom. The van der Waals surface area contributed by atoms with E-state index in [0.29, 0.717) is 34.8 Å². The molecule has 0 aliphatic carbocycles. The summed E-state index contributed by atoms with van der Waals surface area (Å²) in [5.74, 6) is 0.226. The Morgan fingerprint density at radius 3 is 2.74 bits per heavy atom. The van der Waals surface area contributed by atoms with Gasteiger partial charge in [-0.1, -0.05) is 32.9 Å². The molecule has 0 unspecified atom stereocenters. The predicted molar refractivity (Wildman–Crippen MR) is 115 cm³/mol. The number of hydrogen-bond donors (Lipinski definition) is 1. The highest BCUT2D eigenvalue weighted by Gasteiger charge is 2.45. The number of para-hydroxylation sites is 1. The molecule has 1 aromatic carbocycles. The second-order valence-electron chi connectivity index (χ2n) is 8.47. The van der Waals surface area contributed by atoms with Crippen LogP contribution in [0.25, 0.3) is 22.3 Å². The second kappa shape index (κ2) is 6.65. The number of fused-ring (bicyclic) bond motifs is 5. The van der Waals surface area contributed by atoms with E-state index in [2.05, 4.69) is 13.8 Å². The lowest BCUT2D eigenvalue weighted by molar-refractivity contribution is -0.172. The lowest BCUT2D eigenvalue weighted by Crippen LogP contribution is -2.44. The van der Waals surface area contributed by atoms with E-state index in [-0.39, 0.29) is 24.5 Å². The molecule has 2 aliphatic rings. The Kier molecular flexibility index (Phi) is 4.24. The number of esters is 1. The minimum atomic E-state index is -1.84. The van der Waals surface area contributed by atoms with Crippen molar-refractivity contribution in [3.05, 3.63) is 56.9 Å². The molecule has 0 fully saturated rings. The summed E-state index contributed by atoms with van der Waals surface area (Å²) in [5.41, 5.74) is 2.48. The van der Waals surface area contributed by atoms with Crippen molar-refractivity contribution in [3.8, 4) is 17.1 Å². The SMILES string of the molecule is CC[C@@]1(O)C(=O)OCc2c1cc1n(c2=O)Cc2c-1nc1c(C(C)C)cccc1c2OC. The first-order valence-corrected chi connectivity index (χ1v) is 10.5. The molecule has 0 saturated carbocycles. The van der Waals surface area contributed by atoms with E-state index in [9.17, 15) is 14.7 Å². The first-order valence-electron chi connectivity index (χ1n) is 10.5. The van der Waals surface area contributed by atoms with Gasteiger partial charge in [-0.2, -0.15) is 0 Å². The van der Waals surface area contributed by atoms with Crippen molar-refractivity contribution in [2.45, 2.75) is 51.9 Å². The summed E-state index contributed by atoms with van der Waals surface area (Å²) in [6, 6.07) is 7.74. The minimum Gasteiger partial charge on any atom is -0.496 e. The molecule has 2 aliphatic heterocycles. The predicted octanol–water partition coefficient (Wildman–Crippen LogP) is 3.21. The van der Waals surface area contributed by atoms with Crippen molar-refractivity contribution >= 4 is 16.9 Å². The molecule has 7 heteroatoms. The number of nitrogens with zero attached hydrogens (tertiary/aromatic N) is 2. The Hall–Kier alpha value is -3.19. The van der Waals surface area contributed by atoms with Crippen molar-refractivity contribution in [2.24, 2.45) is 0 Å². The van der Waals surface area contributed by atoms with Crippen molar-refractivity contribution in [3.63, 3.8) is 0 Å². The van der Waals surface area contributed by atoms with Crippen molar-refractivity contribution in [2.75, 3.05) is 7.11 Å². The minimum absolute atomic E-state index is 0.112. The number of aromatic nitrogens is 2. The van der Waals surface area contributed by atoms with Gasteiger partial charge in [0.15, 0.2) is 5.60 Å². The van der Waals surface area contributed by atoms with Crippen LogP contribution >= 0.6 is 0 Å². The average molecular weight is 420 g/mol. The van der Waals surface area contributed by atoms with Crippen LogP contribution in [0.15, 0.2) is 29.1 Å². The van der Waals surface area contributed by atoms with Gasteiger partial charge in [-0.25, -0.2) is 9.78 Å². The highest BCUT2D eigenvalue weighted by atomic mass is 16.6. The van der Waals surface area contributed by atoms with Crippen LogP contribution in [0.5, 0.6) is 5.75 Å². The zero-order valence-corrected chi connectivity index (χ0v) is 18.0. The summed E-state index contributed by atoms with van der Waals surface area (Å²) in [7, 11) is 1.62. The Bertz CT molecular complexity index is 1320. The molecule has 2 aromatic heterocycles. The van der Waals surface area contributed by atoms with Gasteiger partial charge in [-0.05, 0) is 30.0 Å². The Morgan fingerprint density at radius 1 is 1.29 bits per heavy atom. The number of methoxy groups -OCH3 is 1. The largest absolute Gasteiger partial charge is 0.496 e. The summed E-state index contributed by atoms with van der Waals surface area (Å²) in [6.45, 7) is 6.08. The number of carbonyl (C=O) groups excluding carboxylic acids is 1. The van der Waals surface area contributed by atoms with E-state index >= 15 is 0 Å². The van der Waals surface area contributed by atoms with E-state index in [1.807, 2.05) is 18.2 Å². The molecule has 0 amide bonds. The smallest absolute Gasteiger partial charge is 0.343 e. The highest BCUT2D eigenvalue weighted by molar-refractivity contribution is 5.93. The average Bonchev–Trinajstić information content (AvgIpc) is 3.13. The van der Waals surface area contributed by atoms with Gasteiger partial charge >= 0.3 is 5.97 Å². The van der Waals surface area contributed by atoms with Gasteiger partial charge in [0, 0.05) is 16.5 Å². The number of pyridine rings is 2. The van der Waals surface area contributed by atoms with Crippen LogP contribution in [0.2, 0.25) is 0 Å². The maximum atomic E-state index is 13.3. The van der Waals surface area contributed by atoms with Gasteiger partial charge in [0.05, 0.1) is 36.1 Å². The number of rotatable bonds is 3. The first kappa shape index (κ1) is 19.8. The third-order valence-electron chi connectivity index (χ3n) is 6.52. The Labute approximate surface area is 179 Å². The zero-order valence-electron chi connectivity index (χ0n) is 18.0. The van der Waals surface area contributed by atoms with Crippen LogP contribution in [0.1, 0.15) is 55.4 Å². The number of aliphatic hydroxyl groups is 1. The third-order valence-corrected chi connectivity index (χ3v) is 6.52. The van der Waals surface area contributed by atoms with Crippen LogP contribution in [0.4, 0.5) is 0 Å². The zero-order chi connectivity index (χ0) is 22.1. The number of cyclic esters (lactones) is 1. The molecule has 0 radical (unpaired) electrons. The number of benzene rings is 1. The molecule has 1 atom stereocenters. The fourth-order valence-corrected chi connectivity index (χ4v) is 4.79. The normalized spacial score (nSPS) is 19.2. The summed E-state index contributed by atoms with van der Waals surface area (Å²) < 4.78 is 12.6. The van der Waals surface area contributed by atoms with E-state index in [1.54, 1.807) is 24.7 Å². The highest BCUT2D eigenvalue weighted by Crippen LogP contribution is 2.43. The molecular weight excluding hydrogens is 396 g/mol. The number of ether oxygens (including phenoxy) is 2. The van der Waals surface area contributed by atoms with Gasteiger partial charge in [-0.15, -0.1) is 0 Å². The summed E-state index contributed by atoms with van der Waals surface area (Å²) in [6.07, 6.45) is 0.112. The topological polar surface area (TPSA) is 90.7 Å². The Balaban J connectivity index is 1.86. The molecule has 0 saturated heterocycles. The molecule has 31 heavy (non-hydrogen) atoms. The summed E-state index contributed by atoms with van der Waals surface area (Å²) in [4.78, 5) is 30.7. The first-order chi connectivity index (χ1) is 14.8. The molecule has 1 N–H and O–H groups in total. The molecule has 0 spiro atoms. The van der Waals surface area contributed by atoms with E-state index in [4.69, 9.17) is 14.5 Å². The maximum Gasteiger partial charge on any atom is 0.343 e. The third kappa shape index (κ3) is 2.53. The van der Waals surface area contributed by atoms with E-state index in [1.165, 1.54) is 0 Å². The monoisotopic (exact) mass is 420 g/mol. The van der Waals surface area contributed by atoms with Gasteiger partial charge in [0.2, 0.25) is 0 Å². The van der Waals surface area contributed by atoms with Crippen LogP contribution in [-0.4, -0.2) is 27.7 Å². The summed E-state index contributed by atoms with van der Waals surface area (Å²) >= 11 is 0. The molecular formula is C24H24N2O5. The molecule has 3 aromatic rings. The summed E-state index contributed by atoms with van der Waals surface area (Å²) in [5, 5.41) is 11.9. The van der Waals surface area contributed by atoms with Gasteiger partial charge < -0.3 is 19.1 Å². The number of hydrogen-bond acceptors (Lipinski definition) is 6. The van der Waals surface area contributed by atoms with Crippen LogP contribution in [0.3, 0.4) is 0 Å². The van der Waals surface area contributed by atoms with Gasteiger partial charge in [-0.3, -0.25) is 4.79 Å². The standard InChI is InChI=1S/C24H24N2O5/c1-5-24(29)17-9-18-20-15(10-26(18)22(27)16(17)11-31-23(24)28)21(30-4)14-8-6-7-13(12(2)3)19(14)25-20/h6-9,12,29H,5,10-11H2,1-4H3/t24-/m0/s1. The molecule has 160 valence electrons. The van der Waals surface area contributed by atoms with Crippen molar-refractivity contribution < 1.29 is 19.4 Å². The van der Waals surface area contributed by atoms with Crippen LogP contribution in [-0.2, 0) is 28.3 Å². The lowest BCUT2D eigenvalue weighted by atomic mass is 9.86. The second-order valence-corrected chi connectivity index (χ2v) is 8.47. The fraction of sp³-hybridized carbons (Fsp3) is 0.375. The molecule has 7 nitrogen and oxygen atoms in total. The van der Waals surface area contributed by atoms with Crippen LogP contribution < -0.4 is 10.3 Å².